The molecule has 0 aliphatic heterocycles. The Balaban J connectivity index is 1.35. The van der Waals surface area contributed by atoms with Crippen molar-refractivity contribution in [1.29, 1.82) is 0 Å². The fraction of sp³-hybridized carbons (Fsp3) is 0.130. The summed E-state index contributed by atoms with van der Waals surface area (Å²) in [6, 6.07) is 22.5. The minimum atomic E-state index is -0.471. The number of benzene rings is 3. The number of amides is 1. The van der Waals surface area contributed by atoms with Gasteiger partial charge in [0.25, 0.3) is 0 Å². The van der Waals surface area contributed by atoms with E-state index in [9.17, 15) is 9.59 Å². The van der Waals surface area contributed by atoms with Gasteiger partial charge in [-0.25, -0.2) is 4.79 Å². The first-order chi connectivity index (χ1) is 14.6. The van der Waals surface area contributed by atoms with Crippen LogP contribution in [0.1, 0.15) is 12.0 Å². The number of anilines is 2. The molecule has 0 radical (unpaired) electrons. The number of rotatable bonds is 7. The lowest BCUT2D eigenvalue weighted by molar-refractivity contribution is -0.116. The molecule has 0 unspecified atom stereocenters. The Hall–Kier alpha value is -3.51. The van der Waals surface area contributed by atoms with Crippen molar-refractivity contribution in [3.05, 3.63) is 93.9 Å². The molecule has 6 nitrogen and oxygen atoms in total. The van der Waals surface area contributed by atoms with Gasteiger partial charge in [0.1, 0.15) is 0 Å². The van der Waals surface area contributed by atoms with Crippen LogP contribution in [0.4, 0.5) is 11.4 Å². The highest BCUT2D eigenvalue weighted by atomic mass is 35.5. The van der Waals surface area contributed by atoms with Gasteiger partial charge >= 0.3 is 5.76 Å². The first-order valence-corrected chi connectivity index (χ1v) is 9.93. The van der Waals surface area contributed by atoms with Crippen LogP contribution >= 0.6 is 11.6 Å². The van der Waals surface area contributed by atoms with E-state index in [1.165, 1.54) is 4.57 Å². The third kappa shape index (κ3) is 4.55. The topological polar surface area (TPSA) is 76.3 Å². The predicted octanol–water partition coefficient (Wildman–Crippen LogP) is 4.89. The number of para-hydroxylation sites is 2. The van der Waals surface area contributed by atoms with Crippen molar-refractivity contribution in [3.63, 3.8) is 0 Å². The first-order valence-electron chi connectivity index (χ1n) is 9.56. The van der Waals surface area contributed by atoms with Crippen molar-refractivity contribution in [1.82, 2.24) is 4.57 Å². The van der Waals surface area contributed by atoms with E-state index < -0.39 is 5.76 Å². The lowest BCUT2D eigenvalue weighted by Crippen LogP contribution is -2.19. The van der Waals surface area contributed by atoms with Gasteiger partial charge < -0.3 is 15.1 Å². The quantitative estimate of drug-likeness (QED) is 0.445. The number of aromatic nitrogens is 1. The number of hydrogen-bond acceptors (Lipinski definition) is 4. The van der Waals surface area contributed by atoms with Crippen LogP contribution in [0.15, 0.2) is 82.0 Å². The fourth-order valence-corrected chi connectivity index (χ4v) is 3.44. The molecule has 2 N–H and O–H groups in total. The number of halogens is 1. The van der Waals surface area contributed by atoms with Crippen LogP contribution in [0.5, 0.6) is 0 Å². The summed E-state index contributed by atoms with van der Waals surface area (Å²) in [5.41, 5.74) is 3.71. The van der Waals surface area contributed by atoms with Gasteiger partial charge in [-0.05, 0) is 35.9 Å². The lowest BCUT2D eigenvalue weighted by atomic mass is 10.2. The summed E-state index contributed by atoms with van der Waals surface area (Å²) < 4.78 is 6.64. The zero-order valence-corrected chi connectivity index (χ0v) is 16.9. The van der Waals surface area contributed by atoms with E-state index in [0.29, 0.717) is 28.4 Å². The van der Waals surface area contributed by atoms with Crippen molar-refractivity contribution in [2.75, 3.05) is 10.6 Å². The molecule has 7 heteroatoms. The highest BCUT2D eigenvalue weighted by Crippen LogP contribution is 2.26. The maximum atomic E-state index is 12.3. The van der Waals surface area contributed by atoms with Gasteiger partial charge in [0.05, 0.1) is 16.2 Å². The Morgan fingerprint density at radius 2 is 1.77 bits per heavy atom. The van der Waals surface area contributed by atoms with Crippen LogP contribution < -0.4 is 16.4 Å². The van der Waals surface area contributed by atoms with Gasteiger partial charge in [0.15, 0.2) is 5.58 Å². The zero-order chi connectivity index (χ0) is 20.9. The van der Waals surface area contributed by atoms with Gasteiger partial charge in [0, 0.05) is 25.2 Å². The maximum Gasteiger partial charge on any atom is 0.419 e. The van der Waals surface area contributed by atoms with Crippen molar-refractivity contribution in [2.24, 2.45) is 0 Å². The Kier molecular flexibility index (Phi) is 5.86. The highest BCUT2D eigenvalue weighted by molar-refractivity contribution is 6.33. The average Bonchev–Trinajstić information content (AvgIpc) is 3.07. The smallest absolute Gasteiger partial charge is 0.408 e. The Morgan fingerprint density at radius 3 is 2.57 bits per heavy atom. The second-order valence-corrected chi connectivity index (χ2v) is 7.23. The van der Waals surface area contributed by atoms with Crippen LogP contribution in [0.2, 0.25) is 5.02 Å². The molecule has 3 aromatic carbocycles. The largest absolute Gasteiger partial charge is 0.419 e. The second kappa shape index (κ2) is 8.88. The number of hydrogen-bond donors (Lipinski definition) is 2. The summed E-state index contributed by atoms with van der Waals surface area (Å²) in [6.45, 7) is 0.881. The normalized spacial score (nSPS) is 10.8. The average molecular weight is 422 g/mol. The number of nitrogens with zero attached hydrogens (tertiary/aromatic N) is 1. The van der Waals surface area contributed by atoms with E-state index >= 15 is 0 Å². The SMILES string of the molecule is O=C(CCn1c(=O)oc2ccccc21)Nc1ccc(NCc2ccccc2)c(Cl)c1. The lowest BCUT2D eigenvalue weighted by Gasteiger charge is -2.11. The first kappa shape index (κ1) is 19.8. The van der Waals surface area contributed by atoms with Gasteiger partial charge in [-0.3, -0.25) is 9.36 Å². The van der Waals surface area contributed by atoms with Crippen LogP contribution in [-0.2, 0) is 17.9 Å². The van der Waals surface area contributed by atoms with Gasteiger partial charge in [-0.15, -0.1) is 0 Å². The number of oxazole rings is 1. The molecule has 30 heavy (non-hydrogen) atoms. The predicted molar refractivity (Wildman–Crippen MR) is 119 cm³/mol. The summed E-state index contributed by atoms with van der Waals surface area (Å²) in [6.07, 6.45) is 0.134. The number of fused-ring (bicyclic) bond motifs is 1. The molecule has 1 heterocycles. The number of carbonyl (C=O) groups excluding carboxylic acids is 1. The maximum absolute atomic E-state index is 12.3. The molecule has 4 rings (SSSR count). The third-order valence-corrected chi connectivity index (χ3v) is 5.03. The summed E-state index contributed by atoms with van der Waals surface area (Å²) in [5, 5.41) is 6.61. The van der Waals surface area contributed by atoms with Crippen LogP contribution in [0.3, 0.4) is 0 Å². The fourth-order valence-electron chi connectivity index (χ4n) is 3.19. The van der Waals surface area contributed by atoms with E-state index in [0.717, 1.165) is 11.3 Å². The van der Waals surface area contributed by atoms with E-state index in [2.05, 4.69) is 10.6 Å². The Bertz CT molecular complexity index is 1230. The van der Waals surface area contributed by atoms with Gasteiger partial charge in [-0.1, -0.05) is 54.1 Å². The number of aryl methyl sites for hydroxylation is 1. The second-order valence-electron chi connectivity index (χ2n) is 6.82. The van der Waals surface area contributed by atoms with Crippen LogP contribution in [-0.4, -0.2) is 10.5 Å². The molecule has 1 aromatic heterocycles. The summed E-state index contributed by atoms with van der Waals surface area (Å²) in [4.78, 5) is 24.3. The van der Waals surface area contributed by atoms with Crippen molar-refractivity contribution in [2.45, 2.75) is 19.5 Å². The molecule has 0 saturated carbocycles. The van der Waals surface area contributed by atoms with Gasteiger partial charge in [0.2, 0.25) is 5.91 Å². The molecule has 152 valence electrons. The van der Waals surface area contributed by atoms with E-state index in [1.54, 1.807) is 30.3 Å². The van der Waals surface area contributed by atoms with Crippen LogP contribution in [0.25, 0.3) is 11.1 Å². The Labute approximate surface area is 178 Å². The van der Waals surface area contributed by atoms with Crippen molar-refractivity contribution in [3.8, 4) is 0 Å². The molecule has 0 bridgehead atoms. The zero-order valence-electron chi connectivity index (χ0n) is 16.1. The van der Waals surface area contributed by atoms with Gasteiger partial charge in [-0.2, -0.15) is 0 Å². The van der Waals surface area contributed by atoms with E-state index in [1.807, 2.05) is 42.5 Å². The molecule has 0 aliphatic rings. The Morgan fingerprint density at radius 1 is 1.00 bits per heavy atom. The minimum absolute atomic E-state index is 0.134. The standard InChI is InChI=1S/C23H20ClN3O3/c24-18-14-17(10-11-19(18)25-15-16-6-2-1-3-7-16)26-22(28)12-13-27-20-8-4-5-9-21(20)30-23(27)29/h1-11,14,25H,12-13,15H2,(H,26,28). The van der Waals surface area contributed by atoms with Crippen molar-refractivity contribution >= 4 is 40.0 Å². The van der Waals surface area contributed by atoms with Crippen LogP contribution in [0, 0.1) is 0 Å². The minimum Gasteiger partial charge on any atom is -0.408 e. The monoisotopic (exact) mass is 421 g/mol. The third-order valence-electron chi connectivity index (χ3n) is 4.71. The molecular weight excluding hydrogens is 402 g/mol. The molecule has 0 fully saturated rings. The molecule has 0 atom stereocenters. The summed E-state index contributed by atoms with van der Waals surface area (Å²) >= 11 is 6.35. The molecule has 4 aromatic rings. The molecule has 0 saturated heterocycles. The van der Waals surface area contributed by atoms with E-state index in [-0.39, 0.29) is 18.9 Å². The number of carbonyl (C=O) groups is 1. The molecule has 0 spiro atoms. The number of nitrogens with one attached hydrogen (secondary N) is 2. The summed E-state index contributed by atoms with van der Waals surface area (Å²) in [7, 11) is 0. The van der Waals surface area contributed by atoms with E-state index in [4.69, 9.17) is 16.0 Å². The molecule has 1 amide bonds. The molecular formula is C23H20ClN3O3. The molecule has 0 aliphatic carbocycles. The van der Waals surface area contributed by atoms with Crippen molar-refractivity contribution < 1.29 is 9.21 Å². The highest BCUT2D eigenvalue weighted by Gasteiger charge is 2.11. The summed E-state index contributed by atoms with van der Waals surface area (Å²) in [5.74, 6) is -0.686.